The first-order valence-electron chi connectivity index (χ1n) is 7.84. The van der Waals surface area contributed by atoms with Gasteiger partial charge in [-0.25, -0.2) is 0 Å². The summed E-state index contributed by atoms with van der Waals surface area (Å²) in [5.74, 6) is 1.53. The Labute approximate surface area is 128 Å². The molecule has 0 radical (unpaired) electrons. The summed E-state index contributed by atoms with van der Waals surface area (Å²) in [7, 11) is 0. The lowest BCUT2D eigenvalue weighted by Crippen LogP contribution is -2.38. The van der Waals surface area contributed by atoms with Crippen molar-refractivity contribution in [2.75, 3.05) is 24.5 Å². The van der Waals surface area contributed by atoms with Crippen molar-refractivity contribution in [3.8, 4) is 0 Å². The molecule has 1 saturated heterocycles. The number of piperidine rings is 1. The number of halogens is 1. The third kappa shape index (κ3) is 4.13. The second-order valence-electron chi connectivity index (χ2n) is 6.30. The van der Waals surface area contributed by atoms with E-state index in [4.69, 9.17) is 11.6 Å². The van der Waals surface area contributed by atoms with Crippen molar-refractivity contribution in [2.45, 2.75) is 40.2 Å². The number of nitrogens with one attached hydrogen (secondary N) is 1. The molecule has 3 heteroatoms. The summed E-state index contributed by atoms with van der Waals surface area (Å²) in [6.07, 6.45) is 2.49. The Balaban J connectivity index is 2.04. The Bertz CT molecular complexity index is 423. The largest absolute Gasteiger partial charge is 0.371 e. The lowest BCUT2D eigenvalue weighted by molar-refractivity contribution is 0.357. The second-order valence-corrected chi connectivity index (χ2v) is 6.71. The maximum atomic E-state index is 6.43. The van der Waals surface area contributed by atoms with Gasteiger partial charge in [0, 0.05) is 30.3 Å². The van der Waals surface area contributed by atoms with Crippen LogP contribution in [-0.2, 0) is 6.54 Å². The molecule has 0 bridgehead atoms. The molecular formula is C17H27ClN2. The lowest BCUT2D eigenvalue weighted by atomic mass is 9.91. The van der Waals surface area contributed by atoms with Gasteiger partial charge in [-0.2, -0.15) is 0 Å². The first-order chi connectivity index (χ1) is 9.60. The van der Waals surface area contributed by atoms with E-state index in [0.29, 0.717) is 0 Å². The zero-order valence-electron chi connectivity index (χ0n) is 13.0. The summed E-state index contributed by atoms with van der Waals surface area (Å²) in [4.78, 5) is 2.48. The van der Waals surface area contributed by atoms with Crippen molar-refractivity contribution in [3.63, 3.8) is 0 Å². The van der Waals surface area contributed by atoms with Crippen LogP contribution in [-0.4, -0.2) is 19.6 Å². The second kappa shape index (κ2) is 7.33. The smallest absolute Gasteiger partial charge is 0.0471 e. The minimum absolute atomic E-state index is 0.767. The number of nitrogens with zero attached hydrogens (tertiary/aromatic N) is 1. The summed E-state index contributed by atoms with van der Waals surface area (Å²) < 4.78 is 0. The van der Waals surface area contributed by atoms with Gasteiger partial charge in [0.1, 0.15) is 0 Å². The highest BCUT2D eigenvalue weighted by molar-refractivity contribution is 6.31. The Kier molecular flexibility index (Phi) is 5.74. The van der Waals surface area contributed by atoms with Gasteiger partial charge in [-0.15, -0.1) is 0 Å². The van der Waals surface area contributed by atoms with Crippen molar-refractivity contribution >= 4 is 17.3 Å². The Morgan fingerprint density at radius 2 is 1.95 bits per heavy atom. The molecule has 20 heavy (non-hydrogen) atoms. The van der Waals surface area contributed by atoms with E-state index in [1.165, 1.54) is 17.7 Å². The van der Waals surface area contributed by atoms with Crippen LogP contribution in [0.15, 0.2) is 18.2 Å². The lowest BCUT2D eigenvalue weighted by Gasteiger charge is -2.36. The summed E-state index contributed by atoms with van der Waals surface area (Å²) in [5.41, 5.74) is 2.47. The molecule has 1 N–H and O–H groups in total. The van der Waals surface area contributed by atoms with Crippen molar-refractivity contribution < 1.29 is 0 Å². The first-order valence-corrected chi connectivity index (χ1v) is 8.22. The standard InChI is InChI=1S/C17H27ClN2/c1-4-7-19-10-15-5-6-16(9-17(15)18)20-11-13(2)8-14(3)12-20/h5-6,9,13-14,19H,4,7-8,10-12H2,1-3H3. The van der Waals surface area contributed by atoms with E-state index in [1.54, 1.807) is 0 Å². The van der Waals surface area contributed by atoms with Crippen molar-refractivity contribution in [1.29, 1.82) is 0 Å². The fraction of sp³-hybridized carbons (Fsp3) is 0.647. The zero-order valence-corrected chi connectivity index (χ0v) is 13.7. The van der Waals surface area contributed by atoms with Gasteiger partial charge in [-0.1, -0.05) is 38.4 Å². The highest BCUT2D eigenvalue weighted by atomic mass is 35.5. The highest BCUT2D eigenvalue weighted by Gasteiger charge is 2.22. The number of rotatable bonds is 5. The molecule has 0 saturated carbocycles. The molecule has 2 atom stereocenters. The molecule has 1 aromatic carbocycles. The molecule has 2 rings (SSSR count). The normalized spacial score (nSPS) is 23.1. The summed E-state index contributed by atoms with van der Waals surface area (Å²) >= 11 is 6.43. The SMILES string of the molecule is CCCNCc1ccc(N2CC(C)CC(C)C2)cc1Cl. The number of benzene rings is 1. The number of hydrogen-bond acceptors (Lipinski definition) is 2. The molecule has 0 spiro atoms. The molecule has 0 amide bonds. The Morgan fingerprint density at radius 1 is 1.25 bits per heavy atom. The van der Waals surface area contributed by atoms with Crippen LogP contribution in [0, 0.1) is 11.8 Å². The zero-order chi connectivity index (χ0) is 14.5. The average Bonchev–Trinajstić information content (AvgIpc) is 2.39. The molecule has 1 heterocycles. The molecule has 112 valence electrons. The summed E-state index contributed by atoms with van der Waals surface area (Å²) in [5, 5.41) is 4.29. The quantitative estimate of drug-likeness (QED) is 0.814. The molecule has 2 unspecified atom stereocenters. The van der Waals surface area contributed by atoms with Crippen LogP contribution in [0.5, 0.6) is 0 Å². The van der Waals surface area contributed by atoms with Crippen molar-refractivity contribution in [3.05, 3.63) is 28.8 Å². The van der Waals surface area contributed by atoms with Crippen LogP contribution in [0.4, 0.5) is 5.69 Å². The van der Waals surface area contributed by atoms with Crippen molar-refractivity contribution in [1.82, 2.24) is 5.32 Å². The van der Waals surface area contributed by atoms with Crippen molar-refractivity contribution in [2.24, 2.45) is 11.8 Å². The van der Waals surface area contributed by atoms with Gasteiger partial charge in [-0.3, -0.25) is 0 Å². The van der Waals surface area contributed by atoms with Crippen LogP contribution in [0.3, 0.4) is 0 Å². The maximum Gasteiger partial charge on any atom is 0.0471 e. The predicted molar refractivity (Wildman–Crippen MR) is 88.6 cm³/mol. The fourth-order valence-corrected chi connectivity index (χ4v) is 3.39. The van der Waals surface area contributed by atoms with Crippen LogP contribution in [0.2, 0.25) is 5.02 Å². The highest BCUT2D eigenvalue weighted by Crippen LogP contribution is 2.29. The van der Waals surface area contributed by atoms with Crippen LogP contribution < -0.4 is 10.2 Å². The number of hydrogen-bond donors (Lipinski definition) is 1. The average molecular weight is 295 g/mol. The van der Waals surface area contributed by atoms with Gasteiger partial charge in [0.2, 0.25) is 0 Å². The minimum atomic E-state index is 0.767. The molecule has 1 aromatic rings. The molecule has 1 aliphatic heterocycles. The Morgan fingerprint density at radius 3 is 2.55 bits per heavy atom. The summed E-state index contributed by atoms with van der Waals surface area (Å²) in [6, 6.07) is 6.53. The molecule has 2 nitrogen and oxygen atoms in total. The van der Waals surface area contributed by atoms with Gasteiger partial charge in [-0.05, 0) is 48.9 Å². The van der Waals surface area contributed by atoms with E-state index < -0.39 is 0 Å². The van der Waals surface area contributed by atoms with Crippen LogP contribution in [0.1, 0.15) is 39.2 Å². The molecular weight excluding hydrogens is 268 g/mol. The third-order valence-corrected chi connectivity index (χ3v) is 4.36. The topological polar surface area (TPSA) is 15.3 Å². The van der Waals surface area contributed by atoms with E-state index in [1.807, 2.05) is 0 Å². The molecule has 1 fully saturated rings. The van der Waals surface area contributed by atoms with Gasteiger partial charge < -0.3 is 10.2 Å². The summed E-state index contributed by atoms with van der Waals surface area (Å²) in [6.45, 7) is 11.1. The van der Waals surface area contributed by atoms with E-state index in [9.17, 15) is 0 Å². The van der Waals surface area contributed by atoms with Gasteiger partial charge >= 0.3 is 0 Å². The maximum absolute atomic E-state index is 6.43. The van der Waals surface area contributed by atoms with Crippen LogP contribution >= 0.6 is 11.6 Å². The van der Waals surface area contributed by atoms with E-state index in [2.05, 4.69) is 49.2 Å². The van der Waals surface area contributed by atoms with Gasteiger partial charge in [0.15, 0.2) is 0 Å². The predicted octanol–water partition coefficient (Wildman–Crippen LogP) is 4.32. The molecule has 0 aliphatic carbocycles. The van der Waals surface area contributed by atoms with E-state index >= 15 is 0 Å². The third-order valence-electron chi connectivity index (χ3n) is 4.01. The van der Waals surface area contributed by atoms with E-state index in [0.717, 1.165) is 49.5 Å². The van der Waals surface area contributed by atoms with Gasteiger partial charge in [0.25, 0.3) is 0 Å². The molecule has 0 aromatic heterocycles. The first kappa shape index (κ1) is 15.7. The number of anilines is 1. The van der Waals surface area contributed by atoms with Gasteiger partial charge in [0.05, 0.1) is 0 Å². The van der Waals surface area contributed by atoms with E-state index in [-0.39, 0.29) is 0 Å². The van der Waals surface area contributed by atoms with Crippen LogP contribution in [0.25, 0.3) is 0 Å². The minimum Gasteiger partial charge on any atom is -0.371 e. The Hall–Kier alpha value is -0.730. The fourth-order valence-electron chi connectivity index (χ4n) is 3.15. The molecule has 1 aliphatic rings. The monoisotopic (exact) mass is 294 g/mol.